The second-order valence-electron chi connectivity index (χ2n) is 3.81. The molecule has 0 saturated heterocycles. The van der Waals surface area contributed by atoms with Gasteiger partial charge in [0.1, 0.15) is 0 Å². The van der Waals surface area contributed by atoms with Crippen LogP contribution in [-0.2, 0) is 0 Å². The predicted molar refractivity (Wildman–Crippen MR) is 68.2 cm³/mol. The molecular formula is C13H10N4O2. The highest BCUT2D eigenvalue weighted by Crippen LogP contribution is 2.14. The molecule has 94 valence electrons. The summed E-state index contributed by atoms with van der Waals surface area (Å²) in [6.07, 6.45) is 1.26. The van der Waals surface area contributed by atoms with Crippen LogP contribution < -0.4 is 5.32 Å². The third-order valence-corrected chi connectivity index (χ3v) is 2.48. The Morgan fingerprint density at radius 2 is 2.05 bits per heavy atom. The van der Waals surface area contributed by atoms with Gasteiger partial charge in [0.05, 0.1) is 22.9 Å². The molecule has 0 amide bonds. The van der Waals surface area contributed by atoms with Crippen LogP contribution in [0.4, 0.5) is 11.6 Å². The first-order chi connectivity index (χ1) is 9.10. The van der Waals surface area contributed by atoms with Crippen molar-refractivity contribution >= 4 is 17.6 Å². The molecule has 2 rings (SSSR count). The van der Waals surface area contributed by atoms with E-state index in [1.165, 1.54) is 6.20 Å². The topological polar surface area (TPSA) is 98.9 Å². The van der Waals surface area contributed by atoms with Gasteiger partial charge in [0, 0.05) is 11.9 Å². The molecule has 19 heavy (non-hydrogen) atoms. The van der Waals surface area contributed by atoms with Crippen molar-refractivity contribution in [3.05, 3.63) is 47.3 Å². The number of aromatic carboxylic acids is 1. The number of benzene rings is 1. The van der Waals surface area contributed by atoms with Gasteiger partial charge in [-0.15, -0.1) is 0 Å². The van der Waals surface area contributed by atoms with E-state index in [1.54, 1.807) is 31.2 Å². The van der Waals surface area contributed by atoms with Crippen molar-refractivity contribution in [1.29, 1.82) is 5.26 Å². The maximum absolute atomic E-state index is 10.8. The maximum Gasteiger partial charge on any atom is 0.339 e. The lowest BCUT2D eigenvalue weighted by molar-refractivity contribution is 0.0695. The van der Waals surface area contributed by atoms with Crippen LogP contribution >= 0.6 is 0 Å². The fraction of sp³-hybridized carbons (Fsp3) is 0.0769. The van der Waals surface area contributed by atoms with E-state index in [0.717, 1.165) is 5.69 Å². The van der Waals surface area contributed by atoms with E-state index < -0.39 is 5.97 Å². The van der Waals surface area contributed by atoms with Crippen molar-refractivity contribution in [3.8, 4) is 6.07 Å². The average Bonchev–Trinajstić information content (AvgIpc) is 2.39. The van der Waals surface area contributed by atoms with Crippen LogP contribution in [0.1, 0.15) is 21.6 Å². The number of nitriles is 1. The van der Waals surface area contributed by atoms with Gasteiger partial charge in [0.15, 0.2) is 0 Å². The van der Waals surface area contributed by atoms with Crippen molar-refractivity contribution < 1.29 is 9.90 Å². The molecule has 0 aliphatic rings. The fourth-order valence-corrected chi connectivity index (χ4v) is 1.49. The van der Waals surface area contributed by atoms with Crippen molar-refractivity contribution in [2.75, 3.05) is 5.32 Å². The van der Waals surface area contributed by atoms with Gasteiger partial charge in [-0.2, -0.15) is 5.26 Å². The van der Waals surface area contributed by atoms with E-state index in [9.17, 15) is 4.79 Å². The van der Waals surface area contributed by atoms with Gasteiger partial charge in [-0.25, -0.2) is 14.8 Å². The van der Waals surface area contributed by atoms with E-state index in [-0.39, 0.29) is 5.56 Å². The lowest BCUT2D eigenvalue weighted by Crippen LogP contribution is -2.06. The molecule has 0 spiro atoms. The number of carbonyl (C=O) groups is 1. The van der Waals surface area contributed by atoms with Gasteiger partial charge in [-0.3, -0.25) is 0 Å². The molecule has 1 aromatic heterocycles. The molecule has 6 heteroatoms. The van der Waals surface area contributed by atoms with Gasteiger partial charge in [0.2, 0.25) is 5.95 Å². The number of hydrogen-bond acceptors (Lipinski definition) is 5. The van der Waals surface area contributed by atoms with Crippen molar-refractivity contribution in [1.82, 2.24) is 9.97 Å². The van der Waals surface area contributed by atoms with Gasteiger partial charge in [0.25, 0.3) is 0 Å². The number of anilines is 2. The van der Waals surface area contributed by atoms with Crippen LogP contribution in [-0.4, -0.2) is 21.0 Å². The largest absolute Gasteiger partial charge is 0.478 e. The summed E-state index contributed by atoms with van der Waals surface area (Å²) in [6, 6.07) is 8.81. The second kappa shape index (κ2) is 5.14. The molecule has 0 aliphatic carbocycles. The molecule has 0 saturated carbocycles. The molecule has 0 radical (unpaired) electrons. The lowest BCUT2D eigenvalue weighted by atomic mass is 10.2. The number of carboxylic acids is 1. The highest BCUT2D eigenvalue weighted by atomic mass is 16.4. The summed E-state index contributed by atoms with van der Waals surface area (Å²) in [7, 11) is 0. The predicted octanol–water partition coefficient (Wildman–Crippen LogP) is 2.10. The minimum atomic E-state index is -1.05. The molecule has 2 aromatic rings. The monoisotopic (exact) mass is 254 g/mol. The fourth-order valence-electron chi connectivity index (χ4n) is 1.49. The Bertz CT molecular complexity index is 659. The highest BCUT2D eigenvalue weighted by Gasteiger charge is 2.09. The van der Waals surface area contributed by atoms with Crippen molar-refractivity contribution in [3.63, 3.8) is 0 Å². The second-order valence-corrected chi connectivity index (χ2v) is 3.81. The molecule has 2 N–H and O–H groups in total. The normalized spacial score (nSPS) is 9.68. The van der Waals surface area contributed by atoms with Crippen molar-refractivity contribution in [2.45, 2.75) is 6.92 Å². The first kappa shape index (κ1) is 12.5. The Morgan fingerprint density at radius 1 is 1.37 bits per heavy atom. The molecule has 0 atom stereocenters. The molecule has 6 nitrogen and oxygen atoms in total. The molecule has 0 aliphatic heterocycles. The quantitative estimate of drug-likeness (QED) is 0.870. The number of nitrogens with one attached hydrogen (secondary N) is 1. The van der Waals surface area contributed by atoms with Crippen LogP contribution in [0.5, 0.6) is 0 Å². The van der Waals surface area contributed by atoms with Crippen molar-refractivity contribution in [2.24, 2.45) is 0 Å². The number of aryl methyl sites for hydroxylation is 1. The Balaban J connectivity index is 2.21. The lowest BCUT2D eigenvalue weighted by Gasteiger charge is -2.06. The number of rotatable bonds is 3. The highest BCUT2D eigenvalue weighted by molar-refractivity contribution is 5.88. The Kier molecular flexibility index (Phi) is 3.39. The molecule has 0 fully saturated rings. The molecule has 0 unspecified atom stereocenters. The Hall–Kier alpha value is -2.94. The van der Waals surface area contributed by atoms with Crippen LogP contribution in [0.25, 0.3) is 0 Å². The van der Waals surface area contributed by atoms with E-state index in [4.69, 9.17) is 10.4 Å². The van der Waals surface area contributed by atoms with Gasteiger partial charge < -0.3 is 10.4 Å². The first-order valence-corrected chi connectivity index (χ1v) is 5.44. The van der Waals surface area contributed by atoms with Crippen LogP contribution in [0.2, 0.25) is 0 Å². The zero-order chi connectivity index (χ0) is 13.8. The standard InChI is InChI=1S/C13H10N4O2/c1-8-11(12(18)19)7-15-13(16-8)17-10-4-2-9(6-14)3-5-10/h2-5,7H,1H3,(H,18,19)(H,15,16,17). The van der Waals surface area contributed by atoms with Crippen LogP contribution in [0, 0.1) is 18.3 Å². The van der Waals surface area contributed by atoms with E-state index in [2.05, 4.69) is 15.3 Å². The number of hydrogen-bond donors (Lipinski definition) is 2. The Labute approximate surface area is 109 Å². The zero-order valence-electron chi connectivity index (χ0n) is 10.1. The van der Waals surface area contributed by atoms with Gasteiger partial charge in [-0.05, 0) is 31.2 Å². The summed E-state index contributed by atoms with van der Waals surface area (Å²) < 4.78 is 0. The zero-order valence-corrected chi connectivity index (χ0v) is 10.1. The van der Waals surface area contributed by atoms with E-state index >= 15 is 0 Å². The summed E-state index contributed by atoms with van der Waals surface area (Å²) in [5.74, 6) is -0.741. The third kappa shape index (κ3) is 2.84. The molecular weight excluding hydrogens is 244 g/mol. The number of nitrogens with zero attached hydrogens (tertiary/aromatic N) is 3. The number of aromatic nitrogens is 2. The van der Waals surface area contributed by atoms with Crippen LogP contribution in [0.3, 0.4) is 0 Å². The van der Waals surface area contributed by atoms with E-state index in [0.29, 0.717) is 17.2 Å². The summed E-state index contributed by atoms with van der Waals surface area (Å²) in [4.78, 5) is 18.8. The minimum Gasteiger partial charge on any atom is -0.478 e. The summed E-state index contributed by atoms with van der Waals surface area (Å²) in [6.45, 7) is 1.61. The maximum atomic E-state index is 10.8. The minimum absolute atomic E-state index is 0.0744. The number of carboxylic acid groups (broad SMARTS) is 1. The summed E-state index contributed by atoms with van der Waals surface area (Å²) >= 11 is 0. The Morgan fingerprint density at radius 3 is 2.58 bits per heavy atom. The third-order valence-electron chi connectivity index (χ3n) is 2.48. The smallest absolute Gasteiger partial charge is 0.339 e. The SMILES string of the molecule is Cc1nc(Nc2ccc(C#N)cc2)ncc1C(=O)O. The summed E-state index contributed by atoms with van der Waals surface area (Å²) in [5.41, 5.74) is 1.74. The average molecular weight is 254 g/mol. The molecule has 1 heterocycles. The van der Waals surface area contributed by atoms with E-state index in [1.807, 2.05) is 6.07 Å². The van der Waals surface area contributed by atoms with Crippen LogP contribution in [0.15, 0.2) is 30.5 Å². The van der Waals surface area contributed by atoms with Gasteiger partial charge >= 0.3 is 5.97 Å². The first-order valence-electron chi connectivity index (χ1n) is 5.44. The van der Waals surface area contributed by atoms with Gasteiger partial charge in [-0.1, -0.05) is 0 Å². The molecule has 1 aromatic carbocycles. The molecule has 0 bridgehead atoms. The summed E-state index contributed by atoms with van der Waals surface area (Å²) in [5, 5.41) is 20.5.